The number of halogens is 1. The van der Waals surface area contributed by atoms with Gasteiger partial charge >= 0.3 is 0 Å². The Morgan fingerprint density at radius 2 is 2.00 bits per heavy atom. The number of nitrogens with zero attached hydrogens (tertiary/aromatic N) is 3. The van der Waals surface area contributed by atoms with Crippen molar-refractivity contribution in [2.24, 2.45) is 0 Å². The van der Waals surface area contributed by atoms with Gasteiger partial charge in [0.2, 0.25) is 0 Å². The molecule has 2 aromatic heterocycles. The molecule has 0 spiro atoms. The Morgan fingerprint density at radius 3 is 2.74 bits per heavy atom. The van der Waals surface area contributed by atoms with Crippen molar-refractivity contribution in [1.29, 1.82) is 0 Å². The standard InChI is InChI=1S/C17H16FN3OS/c18-12-3-1-11(2-4-12)15(22)9-21(13-5-6-13)17-16-14(7-8-23-16)19-10-20-17/h1-4,7-8,10,13,15,22H,5-6,9H2/t15-/m1/s1. The van der Waals surface area contributed by atoms with Crippen molar-refractivity contribution in [2.75, 3.05) is 11.4 Å². The predicted molar refractivity (Wildman–Crippen MR) is 89.1 cm³/mol. The van der Waals surface area contributed by atoms with Gasteiger partial charge in [0.1, 0.15) is 18.0 Å². The summed E-state index contributed by atoms with van der Waals surface area (Å²) in [6.07, 6.45) is 3.10. The third-order valence-corrected chi connectivity index (χ3v) is 5.01. The number of aliphatic hydroxyl groups excluding tert-OH is 1. The summed E-state index contributed by atoms with van der Waals surface area (Å²) < 4.78 is 14.1. The fourth-order valence-corrected chi connectivity index (χ4v) is 3.60. The Balaban J connectivity index is 1.63. The van der Waals surface area contributed by atoms with E-state index in [-0.39, 0.29) is 5.82 Å². The lowest BCUT2D eigenvalue weighted by Gasteiger charge is -2.26. The fourth-order valence-electron chi connectivity index (χ4n) is 2.75. The molecule has 0 amide bonds. The van der Waals surface area contributed by atoms with E-state index < -0.39 is 6.10 Å². The number of aromatic nitrogens is 2. The molecule has 0 aliphatic heterocycles. The molecule has 0 saturated heterocycles. The Bertz CT molecular complexity index is 816. The zero-order chi connectivity index (χ0) is 15.8. The minimum absolute atomic E-state index is 0.295. The van der Waals surface area contributed by atoms with Crippen LogP contribution >= 0.6 is 11.3 Å². The lowest BCUT2D eigenvalue weighted by molar-refractivity contribution is 0.182. The Morgan fingerprint density at radius 1 is 1.22 bits per heavy atom. The number of anilines is 1. The quantitative estimate of drug-likeness (QED) is 0.778. The molecule has 1 fully saturated rings. The highest BCUT2D eigenvalue weighted by Gasteiger charge is 2.32. The molecule has 118 valence electrons. The second-order valence-corrected chi connectivity index (χ2v) is 6.70. The average Bonchev–Trinajstić information content (AvgIpc) is 3.29. The van der Waals surface area contributed by atoms with E-state index in [0.717, 1.165) is 28.9 Å². The number of fused-ring (bicyclic) bond motifs is 1. The first kappa shape index (κ1) is 14.5. The molecule has 23 heavy (non-hydrogen) atoms. The van der Waals surface area contributed by atoms with Crippen LogP contribution in [-0.4, -0.2) is 27.7 Å². The number of hydrogen-bond acceptors (Lipinski definition) is 5. The highest BCUT2D eigenvalue weighted by Crippen LogP contribution is 2.37. The smallest absolute Gasteiger partial charge is 0.150 e. The molecule has 1 aromatic carbocycles. The third kappa shape index (κ3) is 2.92. The van der Waals surface area contributed by atoms with Crippen LogP contribution in [0.15, 0.2) is 42.0 Å². The second-order valence-electron chi connectivity index (χ2n) is 5.78. The second kappa shape index (κ2) is 5.86. The summed E-state index contributed by atoms with van der Waals surface area (Å²) in [6, 6.07) is 8.40. The van der Waals surface area contributed by atoms with E-state index in [0.29, 0.717) is 18.2 Å². The summed E-state index contributed by atoms with van der Waals surface area (Å²) in [5.74, 6) is 0.588. The molecule has 1 aliphatic carbocycles. The predicted octanol–water partition coefficient (Wildman–Crippen LogP) is 3.53. The van der Waals surface area contributed by atoms with E-state index in [4.69, 9.17) is 0 Å². The van der Waals surface area contributed by atoms with E-state index in [1.807, 2.05) is 11.4 Å². The van der Waals surface area contributed by atoms with Gasteiger partial charge in [0.25, 0.3) is 0 Å². The van der Waals surface area contributed by atoms with E-state index >= 15 is 0 Å². The number of hydrogen-bond donors (Lipinski definition) is 1. The molecule has 6 heteroatoms. The minimum atomic E-state index is -0.679. The van der Waals surface area contributed by atoms with Gasteiger partial charge in [-0.3, -0.25) is 0 Å². The van der Waals surface area contributed by atoms with E-state index in [2.05, 4.69) is 14.9 Å². The number of aliphatic hydroxyl groups is 1. The van der Waals surface area contributed by atoms with E-state index in [1.165, 1.54) is 12.1 Å². The highest BCUT2D eigenvalue weighted by atomic mass is 32.1. The summed E-state index contributed by atoms with van der Waals surface area (Å²) in [4.78, 5) is 10.9. The molecule has 0 bridgehead atoms. The number of rotatable bonds is 5. The SMILES string of the molecule is O[C@H](CN(c1ncnc2ccsc12)C1CC1)c1ccc(F)cc1. The van der Waals surface area contributed by atoms with Crippen LogP contribution in [0.4, 0.5) is 10.2 Å². The molecule has 4 nitrogen and oxygen atoms in total. The van der Waals surface area contributed by atoms with Crippen LogP contribution in [0.25, 0.3) is 10.2 Å². The van der Waals surface area contributed by atoms with Crippen LogP contribution in [0.1, 0.15) is 24.5 Å². The first-order valence-corrected chi connectivity index (χ1v) is 8.49. The maximum atomic E-state index is 13.0. The molecular weight excluding hydrogens is 313 g/mol. The van der Waals surface area contributed by atoms with Crippen LogP contribution in [0, 0.1) is 5.82 Å². The van der Waals surface area contributed by atoms with Crippen molar-refractivity contribution < 1.29 is 9.50 Å². The Hall–Kier alpha value is -2.05. The third-order valence-electron chi connectivity index (χ3n) is 4.11. The van der Waals surface area contributed by atoms with Crippen molar-refractivity contribution >= 4 is 27.4 Å². The zero-order valence-corrected chi connectivity index (χ0v) is 13.2. The van der Waals surface area contributed by atoms with Gasteiger partial charge in [-0.05, 0) is 42.0 Å². The van der Waals surface area contributed by atoms with Gasteiger partial charge in [-0.1, -0.05) is 12.1 Å². The Labute approximate surface area is 137 Å². The highest BCUT2D eigenvalue weighted by molar-refractivity contribution is 7.17. The van der Waals surface area contributed by atoms with Crippen molar-refractivity contribution in [3.05, 3.63) is 53.4 Å². The molecule has 1 N–H and O–H groups in total. The molecule has 4 rings (SSSR count). The summed E-state index contributed by atoms with van der Waals surface area (Å²) >= 11 is 1.61. The summed E-state index contributed by atoms with van der Waals surface area (Å²) in [6.45, 7) is 0.445. The van der Waals surface area contributed by atoms with E-state index in [9.17, 15) is 9.50 Å². The number of benzene rings is 1. The minimum Gasteiger partial charge on any atom is -0.387 e. The molecule has 0 radical (unpaired) electrons. The zero-order valence-electron chi connectivity index (χ0n) is 12.4. The maximum absolute atomic E-state index is 13.0. The molecule has 0 unspecified atom stereocenters. The van der Waals surface area contributed by atoms with Crippen LogP contribution in [0.5, 0.6) is 0 Å². The van der Waals surface area contributed by atoms with Crippen LogP contribution in [0.2, 0.25) is 0 Å². The van der Waals surface area contributed by atoms with Gasteiger partial charge in [-0.15, -0.1) is 11.3 Å². The normalized spacial score (nSPS) is 15.7. The molecule has 1 atom stereocenters. The van der Waals surface area contributed by atoms with Gasteiger partial charge in [0.05, 0.1) is 16.3 Å². The number of thiophene rings is 1. The van der Waals surface area contributed by atoms with Gasteiger partial charge in [0, 0.05) is 12.6 Å². The molecule has 1 saturated carbocycles. The van der Waals surface area contributed by atoms with Crippen LogP contribution in [-0.2, 0) is 0 Å². The van der Waals surface area contributed by atoms with Crippen molar-refractivity contribution in [2.45, 2.75) is 25.0 Å². The lowest BCUT2D eigenvalue weighted by Crippen LogP contribution is -2.31. The van der Waals surface area contributed by atoms with Crippen LogP contribution in [0.3, 0.4) is 0 Å². The van der Waals surface area contributed by atoms with Crippen molar-refractivity contribution in [3.8, 4) is 0 Å². The largest absolute Gasteiger partial charge is 0.387 e. The summed E-state index contributed by atoms with van der Waals surface area (Å²) in [5.41, 5.74) is 1.65. The van der Waals surface area contributed by atoms with Gasteiger partial charge in [-0.25, -0.2) is 14.4 Å². The van der Waals surface area contributed by atoms with Gasteiger partial charge in [-0.2, -0.15) is 0 Å². The van der Waals surface area contributed by atoms with Crippen LogP contribution < -0.4 is 4.90 Å². The molecule has 1 aliphatic rings. The maximum Gasteiger partial charge on any atom is 0.150 e. The summed E-state index contributed by atoms with van der Waals surface area (Å²) in [7, 11) is 0. The summed E-state index contributed by atoms with van der Waals surface area (Å²) in [5, 5.41) is 12.5. The fraction of sp³-hybridized carbons (Fsp3) is 0.294. The van der Waals surface area contributed by atoms with E-state index in [1.54, 1.807) is 29.8 Å². The van der Waals surface area contributed by atoms with Crippen molar-refractivity contribution in [1.82, 2.24) is 9.97 Å². The monoisotopic (exact) mass is 329 g/mol. The van der Waals surface area contributed by atoms with Crippen molar-refractivity contribution in [3.63, 3.8) is 0 Å². The molecule has 3 aromatic rings. The Kier molecular flexibility index (Phi) is 3.71. The van der Waals surface area contributed by atoms with Gasteiger partial charge < -0.3 is 10.0 Å². The lowest BCUT2D eigenvalue weighted by atomic mass is 10.1. The first-order chi connectivity index (χ1) is 11.2. The molecular formula is C17H16FN3OS. The molecule has 2 heterocycles. The topological polar surface area (TPSA) is 49.2 Å². The van der Waals surface area contributed by atoms with Gasteiger partial charge in [0.15, 0.2) is 0 Å². The average molecular weight is 329 g/mol. The first-order valence-electron chi connectivity index (χ1n) is 7.61.